The fourth-order valence-corrected chi connectivity index (χ4v) is 3.31. The smallest absolute Gasteiger partial charge is 0.241 e. The first-order chi connectivity index (χ1) is 10.8. The predicted octanol–water partition coefficient (Wildman–Crippen LogP) is 2.64. The number of benzene rings is 1. The summed E-state index contributed by atoms with van der Waals surface area (Å²) in [5.41, 5.74) is 1.03. The van der Waals surface area contributed by atoms with E-state index in [0.717, 1.165) is 18.7 Å². The molecule has 0 radical (unpaired) electrons. The fraction of sp³-hybridized carbons (Fsp3) is 0.556. The Morgan fingerprint density at radius 3 is 2.17 bits per heavy atom. The maximum Gasteiger partial charge on any atom is 0.241 e. The molecule has 0 aliphatic heterocycles. The monoisotopic (exact) mass is 336 g/mol. The van der Waals surface area contributed by atoms with Crippen molar-refractivity contribution in [3.63, 3.8) is 0 Å². The van der Waals surface area contributed by atoms with Crippen LogP contribution in [0.15, 0.2) is 29.2 Å². The van der Waals surface area contributed by atoms with E-state index in [4.69, 9.17) is 0 Å². The second kappa shape index (κ2) is 9.07. The van der Waals surface area contributed by atoms with Gasteiger partial charge in [0.1, 0.15) is 0 Å². The van der Waals surface area contributed by atoms with Gasteiger partial charge in [-0.1, -0.05) is 57.2 Å². The number of aryl methyl sites for hydroxylation is 1. The molecule has 1 N–H and O–H groups in total. The molecule has 1 atom stereocenters. The minimum absolute atomic E-state index is 0.126. The van der Waals surface area contributed by atoms with Gasteiger partial charge in [-0.25, -0.2) is 8.42 Å². The minimum atomic E-state index is -3.49. The fourth-order valence-electron chi connectivity index (χ4n) is 2.38. The molecule has 0 saturated heterocycles. The van der Waals surface area contributed by atoms with E-state index in [2.05, 4.69) is 49.2 Å². The Hall–Kier alpha value is -1.35. The lowest BCUT2D eigenvalue weighted by Crippen LogP contribution is -2.37. The average Bonchev–Trinajstić information content (AvgIpc) is 2.50. The van der Waals surface area contributed by atoms with Crippen molar-refractivity contribution in [2.45, 2.75) is 45.6 Å². The van der Waals surface area contributed by atoms with Crippen molar-refractivity contribution in [2.24, 2.45) is 5.92 Å². The zero-order chi connectivity index (χ0) is 17.5. The van der Waals surface area contributed by atoms with Crippen LogP contribution < -0.4 is 4.72 Å². The van der Waals surface area contributed by atoms with Crippen molar-refractivity contribution < 1.29 is 8.42 Å². The minimum Gasteiger partial charge on any atom is -0.290 e. The highest BCUT2D eigenvalue weighted by Crippen LogP contribution is 2.10. The van der Waals surface area contributed by atoms with Crippen molar-refractivity contribution in [3.8, 4) is 11.8 Å². The summed E-state index contributed by atoms with van der Waals surface area (Å²) in [4.78, 5) is 2.56. The SMILES string of the molecule is CCN(CC)[C@H](C#CCNS(=O)(=O)c1ccc(C)cc1)C(C)C. The molecule has 1 rings (SSSR count). The zero-order valence-corrected chi connectivity index (χ0v) is 15.6. The predicted molar refractivity (Wildman–Crippen MR) is 95.7 cm³/mol. The van der Waals surface area contributed by atoms with Crippen LogP contribution in [0.5, 0.6) is 0 Å². The molecule has 0 amide bonds. The third-order valence-electron chi connectivity index (χ3n) is 3.77. The van der Waals surface area contributed by atoms with Crippen molar-refractivity contribution in [1.82, 2.24) is 9.62 Å². The Balaban J connectivity index is 2.73. The van der Waals surface area contributed by atoms with Crippen LogP contribution in [0.3, 0.4) is 0 Å². The number of hydrogen-bond acceptors (Lipinski definition) is 3. The lowest BCUT2D eigenvalue weighted by molar-refractivity contribution is 0.217. The first-order valence-corrected chi connectivity index (χ1v) is 9.58. The summed E-state index contributed by atoms with van der Waals surface area (Å²) in [7, 11) is -3.49. The van der Waals surface area contributed by atoms with Crippen LogP contribution in [0.2, 0.25) is 0 Å². The summed E-state index contributed by atoms with van der Waals surface area (Å²) in [5, 5.41) is 0. The highest BCUT2D eigenvalue weighted by Gasteiger charge is 2.16. The van der Waals surface area contributed by atoms with Crippen LogP contribution in [0, 0.1) is 24.7 Å². The van der Waals surface area contributed by atoms with Gasteiger partial charge in [0.25, 0.3) is 0 Å². The quantitative estimate of drug-likeness (QED) is 0.779. The first-order valence-electron chi connectivity index (χ1n) is 8.10. The van der Waals surface area contributed by atoms with Crippen molar-refractivity contribution in [3.05, 3.63) is 29.8 Å². The summed E-state index contributed by atoms with van der Waals surface area (Å²) in [6, 6.07) is 6.94. The number of hydrogen-bond donors (Lipinski definition) is 1. The van der Waals surface area contributed by atoms with Gasteiger partial charge in [-0.15, -0.1) is 0 Å². The van der Waals surface area contributed by atoms with Crippen LogP contribution in [-0.2, 0) is 10.0 Å². The van der Waals surface area contributed by atoms with Crippen LogP contribution >= 0.6 is 0 Å². The van der Waals surface area contributed by atoms with Crippen molar-refractivity contribution in [1.29, 1.82) is 0 Å². The molecule has 0 unspecified atom stereocenters. The summed E-state index contributed by atoms with van der Waals surface area (Å²) < 4.78 is 26.9. The average molecular weight is 337 g/mol. The van der Waals surface area contributed by atoms with Gasteiger partial charge in [-0.05, 0) is 38.1 Å². The summed E-state index contributed by atoms with van der Waals surface area (Å²) >= 11 is 0. The zero-order valence-electron chi connectivity index (χ0n) is 14.8. The molecular weight excluding hydrogens is 308 g/mol. The Labute approximate surface area is 141 Å². The van der Waals surface area contributed by atoms with E-state index < -0.39 is 10.0 Å². The Morgan fingerprint density at radius 2 is 1.70 bits per heavy atom. The number of nitrogens with one attached hydrogen (secondary N) is 1. The van der Waals surface area contributed by atoms with E-state index in [1.165, 1.54) is 0 Å². The molecule has 5 heteroatoms. The lowest BCUT2D eigenvalue weighted by atomic mass is 10.0. The first kappa shape index (κ1) is 19.7. The van der Waals surface area contributed by atoms with Gasteiger partial charge in [-0.2, -0.15) is 4.72 Å². The molecule has 0 bridgehead atoms. The van der Waals surface area contributed by atoms with E-state index >= 15 is 0 Å². The molecular formula is C18H28N2O2S. The Kier molecular flexibility index (Phi) is 7.77. The molecule has 1 aromatic carbocycles. The van der Waals surface area contributed by atoms with Gasteiger partial charge >= 0.3 is 0 Å². The van der Waals surface area contributed by atoms with Gasteiger partial charge < -0.3 is 0 Å². The van der Waals surface area contributed by atoms with Gasteiger partial charge in [0.2, 0.25) is 10.0 Å². The van der Waals surface area contributed by atoms with E-state index in [1.807, 2.05) is 6.92 Å². The standard InChI is InChI=1S/C18H28N2O2S/c1-6-20(7-2)18(15(3)4)9-8-14-19-23(21,22)17-12-10-16(5)11-13-17/h10-13,15,18-19H,6-7,14H2,1-5H3/t18-/m1/s1. The van der Waals surface area contributed by atoms with Crippen LogP contribution in [0.1, 0.15) is 33.3 Å². The van der Waals surface area contributed by atoms with Crippen LogP contribution in [0.25, 0.3) is 0 Å². The molecule has 23 heavy (non-hydrogen) atoms. The molecule has 0 aliphatic rings. The molecule has 0 aromatic heterocycles. The number of nitrogens with zero attached hydrogens (tertiary/aromatic N) is 1. The van der Waals surface area contributed by atoms with E-state index in [0.29, 0.717) is 5.92 Å². The summed E-state index contributed by atoms with van der Waals surface area (Å²) in [5.74, 6) is 6.57. The third-order valence-corrected chi connectivity index (χ3v) is 5.19. The molecule has 0 heterocycles. The topological polar surface area (TPSA) is 49.4 Å². The highest BCUT2D eigenvalue weighted by atomic mass is 32.2. The Morgan fingerprint density at radius 1 is 1.13 bits per heavy atom. The molecule has 0 spiro atoms. The maximum atomic E-state index is 12.2. The molecule has 0 saturated carbocycles. The van der Waals surface area contributed by atoms with Gasteiger partial charge in [-0.3, -0.25) is 4.90 Å². The lowest BCUT2D eigenvalue weighted by Gasteiger charge is -2.28. The number of sulfonamides is 1. The largest absolute Gasteiger partial charge is 0.290 e. The van der Waals surface area contributed by atoms with E-state index in [9.17, 15) is 8.42 Å². The second-order valence-electron chi connectivity index (χ2n) is 5.87. The number of rotatable bonds is 7. The molecule has 0 aliphatic carbocycles. The molecule has 1 aromatic rings. The maximum absolute atomic E-state index is 12.2. The van der Waals surface area contributed by atoms with Gasteiger partial charge in [0.15, 0.2) is 0 Å². The highest BCUT2D eigenvalue weighted by molar-refractivity contribution is 7.89. The second-order valence-corrected chi connectivity index (χ2v) is 7.64. The third kappa shape index (κ3) is 5.98. The van der Waals surface area contributed by atoms with Crippen LogP contribution in [-0.4, -0.2) is 39.0 Å². The van der Waals surface area contributed by atoms with Gasteiger partial charge in [0, 0.05) is 0 Å². The molecule has 4 nitrogen and oxygen atoms in total. The van der Waals surface area contributed by atoms with Crippen LogP contribution in [0.4, 0.5) is 0 Å². The van der Waals surface area contributed by atoms with Crippen molar-refractivity contribution >= 4 is 10.0 Å². The normalized spacial score (nSPS) is 13.0. The van der Waals surface area contributed by atoms with Crippen molar-refractivity contribution in [2.75, 3.05) is 19.6 Å². The summed E-state index contributed by atoms with van der Waals surface area (Å²) in [6.45, 7) is 12.4. The van der Waals surface area contributed by atoms with Gasteiger partial charge in [0.05, 0.1) is 17.5 Å². The Bertz CT molecular complexity index is 636. The van der Waals surface area contributed by atoms with E-state index in [1.54, 1.807) is 24.3 Å². The summed E-state index contributed by atoms with van der Waals surface area (Å²) in [6.07, 6.45) is 0. The molecule has 0 fully saturated rings. The molecule has 128 valence electrons. The van der Waals surface area contributed by atoms with E-state index in [-0.39, 0.29) is 17.5 Å².